The molecule has 0 aliphatic heterocycles. The lowest BCUT2D eigenvalue weighted by molar-refractivity contribution is -0.117. The minimum Gasteiger partial charge on any atom is -0.493 e. The van der Waals surface area contributed by atoms with Crippen molar-refractivity contribution in [2.75, 3.05) is 13.7 Å². The summed E-state index contributed by atoms with van der Waals surface area (Å²) in [6.45, 7) is 2.38. The summed E-state index contributed by atoms with van der Waals surface area (Å²) in [4.78, 5) is 12.4. The molecule has 1 fully saturated rings. The van der Waals surface area contributed by atoms with E-state index in [1.807, 2.05) is 13.0 Å². The topological polar surface area (TPSA) is 71.3 Å². The van der Waals surface area contributed by atoms with Crippen molar-refractivity contribution >= 4 is 27.9 Å². The van der Waals surface area contributed by atoms with Crippen molar-refractivity contribution in [1.29, 1.82) is 5.26 Å². The van der Waals surface area contributed by atoms with Crippen LogP contribution in [0.15, 0.2) is 22.2 Å². The van der Waals surface area contributed by atoms with Gasteiger partial charge in [0.2, 0.25) is 0 Å². The van der Waals surface area contributed by atoms with Crippen molar-refractivity contribution in [3.63, 3.8) is 0 Å². The van der Waals surface area contributed by atoms with E-state index in [2.05, 4.69) is 21.2 Å². The Balaban J connectivity index is 2.24. The summed E-state index contributed by atoms with van der Waals surface area (Å²) in [5, 5.41) is 12.4. The molecule has 2 rings (SSSR count). The van der Waals surface area contributed by atoms with Crippen LogP contribution in [0.2, 0.25) is 0 Å². The molecule has 0 aromatic heterocycles. The molecular formula is C19H23BrN2O3. The van der Waals surface area contributed by atoms with Crippen LogP contribution in [-0.2, 0) is 4.79 Å². The van der Waals surface area contributed by atoms with E-state index in [9.17, 15) is 10.1 Å². The molecule has 25 heavy (non-hydrogen) atoms. The second kappa shape index (κ2) is 9.47. The second-order valence-corrected chi connectivity index (χ2v) is 6.79. The molecule has 0 atom stereocenters. The molecule has 0 heterocycles. The molecule has 5 nitrogen and oxygen atoms in total. The van der Waals surface area contributed by atoms with Crippen molar-refractivity contribution in [3.8, 4) is 17.6 Å². The molecule has 1 aromatic carbocycles. The van der Waals surface area contributed by atoms with Gasteiger partial charge in [-0.05, 0) is 43.5 Å². The molecule has 0 saturated heterocycles. The molecule has 1 aliphatic rings. The van der Waals surface area contributed by atoms with Gasteiger partial charge < -0.3 is 14.8 Å². The monoisotopic (exact) mass is 406 g/mol. The number of ether oxygens (including phenoxy) is 2. The zero-order valence-electron chi connectivity index (χ0n) is 14.6. The first kappa shape index (κ1) is 19.3. The highest BCUT2D eigenvalue weighted by atomic mass is 79.9. The van der Waals surface area contributed by atoms with Crippen LogP contribution in [0.4, 0.5) is 0 Å². The fourth-order valence-electron chi connectivity index (χ4n) is 2.90. The van der Waals surface area contributed by atoms with Crippen LogP contribution in [0.3, 0.4) is 0 Å². The Morgan fingerprint density at radius 1 is 1.36 bits per heavy atom. The highest BCUT2D eigenvalue weighted by Crippen LogP contribution is 2.34. The van der Waals surface area contributed by atoms with Gasteiger partial charge in [0.15, 0.2) is 11.5 Å². The van der Waals surface area contributed by atoms with Crippen LogP contribution in [-0.4, -0.2) is 25.7 Å². The lowest BCUT2D eigenvalue weighted by Gasteiger charge is -2.22. The highest BCUT2D eigenvalue weighted by molar-refractivity contribution is 9.10. The predicted molar refractivity (Wildman–Crippen MR) is 100 cm³/mol. The maximum atomic E-state index is 12.4. The molecule has 6 heteroatoms. The van der Waals surface area contributed by atoms with Gasteiger partial charge in [-0.15, -0.1) is 0 Å². The molecule has 1 amide bonds. The number of hydrogen-bond donors (Lipinski definition) is 1. The minimum absolute atomic E-state index is 0.0823. The first-order valence-electron chi connectivity index (χ1n) is 8.52. The lowest BCUT2D eigenvalue weighted by Crippen LogP contribution is -2.36. The van der Waals surface area contributed by atoms with Crippen molar-refractivity contribution in [3.05, 3.63) is 27.7 Å². The molecule has 1 saturated carbocycles. The van der Waals surface area contributed by atoms with Gasteiger partial charge in [-0.3, -0.25) is 4.79 Å². The zero-order valence-corrected chi connectivity index (χ0v) is 16.2. The normalized spacial score (nSPS) is 15.4. The Kier molecular flexibility index (Phi) is 7.32. The number of amides is 1. The maximum Gasteiger partial charge on any atom is 0.262 e. The number of nitrogens with zero attached hydrogens (tertiary/aromatic N) is 1. The van der Waals surface area contributed by atoms with E-state index < -0.39 is 0 Å². The molecular weight excluding hydrogens is 384 g/mol. The predicted octanol–water partition coefficient (Wildman–Crippen LogP) is 4.21. The molecule has 134 valence electrons. The third-order valence-corrected chi connectivity index (χ3v) is 4.87. The number of benzene rings is 1. The number of carbonyl (C=O) groups is 1. The van der Waals surface area contributed by atoms with E-state index in [-0.39, 0.29) is 17.5 Å². The number of carbonyl (C=O) groups excluding carboxylic acids is 1. The quantitative estimate of drug-likeness (QED) is 0.567. The molecule has 0 radical (unpaired) electrons. The first-order valence-corrected chi connectivity index (χ1v) is 9.31. The van der Waals surface area contributed by atoms with Gasteiger partial charge in [-0.1, -0.05) is 35.2 Å². The summed E-state index contributed by atoms with van der Waals surface area (Å²) >= 11 is 3.46. The summed E-state index contributed by atoms with van der Waals surface area (Å²) in [5.41, 5.74) is 0.776. The SMILES string of the molecule is CCOc1cc(C=C(C#N)C(=O)NC2CCCCC2)c(Br)cc1OC. The third kappa shape index (κ3) is 5.23. The Hall–Kier alpha value is -2.00. The molecule has 1 aliphatic carbocycles. The van der Waals surface area contributed by atoms with Crippen LogP contribution in [0.5, 0.6) is 11.5 Å². The van der Waals surface area contributed by atoms with Gasteiger partial charge >= 0.3 is 0 Å². The fraction of sp³-hybridized carbons (Fsp3) is 0.474. The average molecular weight is 407 g/mol. The first-order chi connectivity index (χ1) is 12.1. The van der Waals surface area contributed by atoms with Gasteiger partial charge in [-0.2, -0.15) is 5.26 Å². The number of halogens is 1. The molecule has 0 spiro atoms. The molecule has 1 aromatic rings. The van der Waals surface area contributed by atoms with Crippen molar-refractivity contribution in [2.45, 2.75) is 45.1 Å². The average Bonchev–Trinajstić information content (AvgIpc) is 2.62. The van der Waals surface area contributed by atoms with E-state index in [0.717, 1.165) is 30.2 Å². The van der Waals surface area contributed by atoms with E-state index in [1.54, 1.807) is 25.3 Å². The Morgan fingerprint density at radius 3 is 2.68 bits per heavy atom. The lowest BCUT2D eigenvalue weighted by atomic mass is 9.95. The summed E-state index contributed by atoms with van der Waals surface area (Å²) in [5.74, 6) is 0.843. The van der Waals surface area contributed by atoms with Gasteiger partial charge in [0, 0.05) is 10.5 Å². The zero-order chi connectivity index (χ0) is 18.2. The third-order valence-electron chi connectivity index (χ3n) is 4.19. The van der Waals surface area contributed by atoms with Crippen LogP contribution in [0, 0.1) is 11.3 Å². The molecule has 0 unspecified atom stereocenters. The summed E-state index contributed by atoms with van der Waals surface area (Å²) in [6, 6.07) is 5.70. The highest BCUT2D eigenvalue weighted by Gasteiger charge is 2.19. The van der Waals surface area contributed by atoms with Crippen LogP contribution >= 0.6 is 15.9 Å². The standard InChI is InChI=1S/C19H23BrN2O3/c1-3-25-18-10-13(16(20)11-17(18)24-2)9-14(12-21)19(23)22-15-7-5-4-6-8-15/h9-11,15H,3-8H2,1-2H3,(H,22,23). The van der Waals surface area contributed by atoms with Crippen LogP contribution in [0.25, 0.3) is 6.08 Å². The van der Waals surface area contributed by atoms with Crippen molar-refractivity contribution < 1.29 is 14.3 Å². The largest absolute Gasteiger partial charge is 0.493 e. The van der Waals surface area contributed by atoms with E-state index in [1.165, 1.54) is 6.42 Å². The number of hydrogen-bond acceptors (Lipinski definition) is 4. The number of methoxy groups -OCH3 is 1. The van der Waals surface area contributed by atoms with Crippen LogP contribution < -0.4 is 14.8 Å². The number of nitrogens with one attached hydrogen (secondary N) is 1. The minimum atomic E-state index is -0.324. The van der Waals surface area contributed by atoms with Gasteiger partial charge in [0.1, 0.15) is 11.6 Å². The Morgan fingerprint density at radius 2 is 2.08 bits per heavy atom. The molecule has 1 N–H and O–H groups in total. The summed E-state index contributed by atoms with van der Waals surface area (Å²) in [6.07, 6.45) is 6.99. The van der Waals surface area contributed by atoms with Crippen LogP contribution in [0.1, 0.15) is 44.6 Å². The van der Waals surface area contributed by atoms with E-state index >= 15 is 0 Å². The second-order valence-electron chi connectivity index (χ2n) is 5.94. The van der Waals surface area contributed by atoms with Crippen molar-refractivity contribution in [2.24, 2.45) is 0 Å². The van der Waals surface area contributed by atoms with E-state index in [4.69, 9.17) is 9.47 Å². The van der Waals surface area contributed by atoms with Gasteiger partial charge in [-0.25, -0.2) is 0 Å². The Bertz CT molecular complexity index is 689. The smallest absolute Gasteiger partial charge is 0.262 e. The Labute approximate surface area is 157 Å². The fourth-order valence-corrected chi connectivity index (χ4v) is 3.34. The summed E-state index contributed by atoms with van der Waals surface area (Å²) < 4.78 is 11.6. The van der Waals surface area contributed by atoms with Gasteiger partial charge in [0.05, 0.1) is 13.7 Å². The maximum absolute atomic E-state index is 12.4. The van der Waals surface area contributed by atoms with E-state index in [0.29, 0.717) is 23.7 Å². The van der Waals surface area contributed by atoms with Gasteiger partial charge in [0.25, 0.3) is 5.91 Å². The van der Waals surface area contributed by atoms with Crippen molar-refractivity contribution in [1.82, 2.24) is 5.32 Å². The molecule has 0 bridgehead atoms. The summed E-state index contributed by atoms with van der Waals surface area (Å²) in [7, 11) is 1.57. The number of nitriles is 1. The number of rotatable bonds is 6.